The summed E-state index contributed by atoms with van der Waals surface area (Å²) < 4.78 is 10.9. The van der Waals surface area contributed by atoms with E-state index in [4.69, 9.17) is 15.2 Å². The molecular formula is C17H15N3O3. The van der Waals surface area contributed by atoms with E-state index >= 15 is 0 Å². The van der Waals surface area contributed by atoms with Crippen LogP contribution in [0.1, 0.15) is 29.5 Å². The minimum absolute atomic E-state index is 0.157. The number of anilines is 1. The van der Waals surface area contributed by atoms with Gasteiger partial charge in [-0.3, -0.25) is 4.79 Å². The number of hydrazone groups is 1. The van der Waals surface area contributed by atoms with Crippen molar-refractivity contribution in [2.75, 3.05) is 12.5 Å². The van der Waals surface area contributed by atoms with Crippen molar-refractivity contribution in [1.29, 1.82) is 0 Å². The lowest BCUT2D eigenvalue weighted by molar-refractivity contribution is -0.122. The highest BCUT2D eigenvalue weighted by Gasteiger charge is 2.28. The third-order valence-corrected chi connectivity index (χ3v) is 4.12. The third-order valence-electron chi connectivity index (χ3n) is 4.12. The van der Waals surface area contributed by atoms with Crippen LogP contribution in [0.4, 0.5) is 5.69 Å². The maximum atomic E-state index is 12.2. The molecule has 2 aromatic carbocycles. The first-order chi connectivity index (χ1) is 11.1. The summed E-state index contributed by atoms with van der Waals surface area (Å²) in [6, 6.07) is 11.1. The zero-order valence-corrected chi connectivity index (χ0v) is 12.5. The van der Waals surface area contributed by atoms with Crippen molar-refractivity contribution < 1.29 is 14.3 Å². The second-order valence-corrected chi connectivity index (χ2v) is 5.57. The highest BCUT2D eigenvalue weighted by atomic mass is 16.7. The summed E-state index contributed by atoms with van der Waals surface area (Å²) in [5.74, 6) is 0.820. The van der Waals surface area contributed by atoms with Crippen LogP contribution in [0, 0.1) is 0 Å². The van der Waals surface area contributed by atoms with Crippen LogP contribution in [-0.4, -0.2) is 18.4 Å². The van der Waals surface area contributed by atoms with Gasteiger partial charge in [0.05, 0.1) is 11.6 Å². The first kappa shape index (κ1) is 13.6. The molecule has 0 spiro atoms. The second kappa shape index (κ2) is 5.01. The molecule has 0 unspecified atom stereocenters. The molecule has 2 aliphatic rings. The molecular weight excluding hydrogens is 294 g/mol. The lowest BCUT2D eigenvalue weighted by Gasteiger charge is -2.13. The number of ether oxygens (including phenoxy) is 2. The highest BCUT2D eigenvalue weighted by molar-refractivity contribution is 6.16. The number of nitrogen functional groups attached to an aromatic ring is 1. The number of amides is 1. The maximum Gasteiger partial charge on any atom is 0.247 e. The van der Waals surface area contributed by atoms with Crippen molar-refractivity contribution in [1.82, 2.24) is 5.43 Å². The summed E-state index contributed by atoms with van der Waals surface area (Å²) in [4.78, 5) is 12.2. The molecule has 116 valence electrons. The van der Waals surface area contributed by atoms with Crippen LogP contribution in [0.5, 0.6) is 11.5 Å². The summed E-state index contributed by atoms with van der Waals surface area (Å²) in [6.45, 7) is 2.03. The molecule has 4 rings (SSSR count). The maximum absolute atomic E-state index is 12.2. The number of fused-ring (bicyclic) bond motifs is 2. The van der Waals surface area contributed by atoms with Gasteiger partial charge in [-0.2, -0.15) is 5.10 Å². The fourth-order valence-corrected chi connectivity index (χ4v) is 2.79. The lowest BCUT2D eigenvalue weighted by atomic mass is 9.90. The van der Waals surface area contributed by atoms with Crippen LogP contribution < -0.4 is 20.6 Å². The molecule has 6 heteroatoms. The van der Waals surface area contributed by atoms with Gasteiger partial charge in [0, 0.05) is 16.8 Å². The average Bonchev–Trinajstić information content (AvgIpc) is 2.98. The SMILES string of the molecule is C[C@H]1C(=O)NN=C(c2ccc(N)cc2)c2cc3c(cc21)OCO3. The molecule has 6 nitrogen and oxygen atoms in total. The summed E-state index contributed by atoms with van der Waals surface area (Å²) in [5, 5.41) is 4.30. The molecule has 2 aliphatic heterocycles. The highest BCUT2D eigenvalue weighted by Crippen LogP contribution is 2.39. The van der Waals surface area contributed by atoms with E-state index in [0.29, 0.717) is 22.9 Å². The fraction of sp³-hybridized carbons (Fsp3) is 0.176. The summed E-state index contributed by atoms with van der Waals surface area (Å²) in [7, 11) is 0. The molecule has 23 heavy (non-hydrogen) atoms. The van der Waals surface area contributed by atoms with Crippen LogP contribution in [0.25, 0.3) is 0 Å². The second-order valence-electron chi connectivity index (χ2n) is 5.57. The van der Waals surface area contributed by atoms with E-state index in [-0.39, 0.29) is 18.6 Å². The first-order valence-corrected chi connectivity index (χ1v) is 7.31. The predicted octanol–water partition coefficient (Wildman–Crippen LogP) is 1.98. The Hall–Kier alpha value is -3.02. The number of hydrogen-bond acceptors (Lipinski definition) is 5. The lowest BCUT2D eigenvalue weighted by Crippen LogP contribution is -2.22. The number of hydrogen-bond donors (Lipinski definition) is 2. The standard InChI is InChI=1S/C17H15N3O3/c1-9-12-6-14-15(23-8-22-14)7-13(12)16(19-20-17(9)21)10-2-4-11(18)5-3-10/h2-7,9H,8,18H2,1H3,(H,20,21)/t9-/m1/s1. The monoisotopic (exact) mass is 309 g/mol. The van der Waals surface area contributed by atoms with Gasteiger partial charge in [0.25, 0.3) is 0 Å². The Morgan fingerprint density at radius 3 is 2.61 bits per heavy atom. The quantitative estimate of drug-likeness (QED) is 0.789. The van der Waals surface area contributed by atoms with Crippen molar-refractivity contribution in [3.63, 3.8) is 0 Å². The zero-order valence-electron chi connectivity index (χ0n) is 12.5. The summed E-state index contributed by atoms with van der Waals surface area (Å²) in [6.07, 6.45) is 0. The van der Waals surface area contributed by atoms with E-state index in [1.807, 2.05) is 31.2 Å². The number of carbonyl (C=O) groups is 1. The number of nitrogens with one attached hydrogen (secondary N) is 1. The van der Waals surface area contributed by atoms with E-state index < -0.39 is 0 Å². The molecule has 0 fully saturated rings. The molecule has 0 saturated carbocycles. The molecule has 1 atom stereocenters. The normalized spacial score (nSPS) is 18.7. The average molecular weight is 309 g/mol. The molecule has 2 heterocycles. The Morgan fingerprint density at radius 2 is 1.87 bits per heavy atom. The number of carbonyl (C=O) groups excluding carboxylic acids is 1. The molecule has 0 radical (unpaired) electrons. The van der Waals surface area contributed by atoms with E-state index in [2.05, 4.69) is 10.5 Å². The molecule has 2 aromatic rings. The number of rotatable bonds is 1. The van der Waals surface area contributed by atoms with Crippen LogP contribution in [0.15, 0.2) is 41.5 Å². The summed E-state index contributed by atoms with van der Waals surface area (Å²) in [5.41, 5.74) is 12.3. The van der Waals surface area contributed by atoms with Crippen LogP contribution in [0.2, 0.25) is 0 Å². The van der Waals surface area contributed by atoms with Gasteiger partial charge in [0.2, 0.25) is 12.7 Å². The van der Waals surface area contributed by atoms with Crippen molar-refractivity contribution in [2.45, 2.75) is 12.8 Å². The fourth-order valence-electron chi connectivity index (χ4n) is 2.79. The Morgan fingerprint density at radius 1 is 1.17 bits per heavy atom. The Labute approximate surface area is 132 Å². The molecule has 1 amide bonds. The van der Waals surface area contributed by atoms with Crippen LogP contribution in [-0.2, 0) is 4.79 Å². The minimum Gasteiger partial charge on any atom is -0.454 e. The van der Waals surface area contributed by atoms with Crippen molar-refractivity contribution in [3.8, 4) is 11.5 Å². The molecule has 0 saturated heterocycles. The van der Waals surface area contributed by atoms with E-state index in [9.17, 15) is 4.79 Å². The zero-order chi connectivity index (χ0) is 16.0. The Bertz CT molecular complexity index is 828. The minimum atomic E-state index is -0.338. The predicted molar refractivity (Wildman–Crippen MR) is 85.6 cm³/mol. The van der Waals surface area contributed by atoms with E-state index in [1.165, 1.54) is 0 Å². The number of nitrogens with zero attached hydrogens (tertiary/aromatic N) is 1. The Kier molecular flexibility index (Phi) is 2.97. The Balaban J connectivity index is 1.92. The van der Waals surface area contributed by atoms with Gasteiger partial charge in [0.15, 0.2) is 11.5 Å². The van der Waals surface area contributed by atoms with Crippen molar-refractivity contribution in [2.24, 2.45) is 5.10 Å². The van der Waals surface area contributed by atoms with Crippen LogP contribution in [0.3, 0.4) is 0 Å². The van der Waals surface area contributed by atoms with Crippen molar-refractivity contribution in [3.05, 3.63) is 53.1 Å². The van der Waals surface area contributed by atoms with Gasteiger partial charge in [-0.05, 0) is 36.8 Å². The molecule has 3 N–H and O–H groups in total. The molecule has 0 aliphatic carbocycles. The van der Waals surface area contributed by atoms with Gasteiger partial charge in [-0.15, -0.1) is 0 Å². The number of benzene rings is 2. The summed E-state index contributed by atoms with van der Waals surface area (Å²) >= 11 is 0. The molecule has 0 bridgehead atoms. The van der Waals surface area contributed by atoms with Gasteiger partial charge in [-0.25, -0.2) is 5.43 Å². The van der Waals surface area contributed by atoms with Gasteiger partial charge in [-0.1, -0.05) is 12.1 Å². The smallest absolute Gasteiger partial charge is 0.247 e. The molecule has 0 aromatic heterocycles. The van der Waals surface area contributed by atoms with Gasteiger partial charge < -0.3 is 15.2 Å². The topological polar surface area (TPSA) is 85.9 Å². The van der Waals surface area contributed by atoms with Gasteiger partial charge in [0.1, 0.15) is 0 Å². The van der Waals surface area contributed by atoms with E-state index in [1.54, 1.807) is 12.1 Å². The third kappa shape index (κ3) is 2.19. The van der Waals surface area contributed by atoms with Gasteiger partial charge >= 0.3 is 0 Å². The number of nitrogens with two attached hydrogens (primary N) is 1. The first-order valence-electron chi connectivity index (χ1n) is 7.31. The van der Waals surface area contributed by atoms with E-state index in [0.717, 1.165) is 16.7 Å². The largest absolute Gasteiger partial charge is 0.454 e. The van der Waals surface area contributed by atoms with Crippen LogP contribution >= 0.6 is 0 Å². The van der Waals surface area contributed by atoms with Crippen molar-refractivity contribution >= 4 is 17.3 Å².